The monoisotopic (exact) mass is 401 g/mol. The third-order valence-electron chi connectivity index (χ3n) is 4.51. The van der Waals surface area contributed by atoms with E-state index in [2.05, 4.69) is 0 Å². The Balaban J connectivity index is 1.81. The molecule has 1 amide bonds. The summed E-state index contributed by atoms with van der Waals surface area (Å²) in [6.45, 7) is 0.588. The van der Waals surface area contributed by atoms with Crippen LogP contribution in [-0.2, 0) is 0 Å². The average molecular weight is 401 g/mol. The van der Waals surface area contributed by atoms with E-state index in [4.69, 9.17) is 4.74 Å². The minimum absolute atomic E-state index is 0.0402. The number of carbonyl (C=O) groups excluding carboxylic acids is 3. The number of carbonyl (C=O) groups is 3. The summed E-state index contributed by atoms with van der Waals surface area (Å²) < 4.78 is 5.73. The average Bonchev–Trinajstić information content (AvgIpc) is 2.71. The fourth-order valence-corrected chi connectivity index (χ4v) is 4.08. The van der Waals surface area contributed by atoms with Crippen molar-refractivity contribution in [3.8, 4) is 17.2 Å². The number of amides is 1. The van der Waals surface area contributed by atoms with Crippen LogP contribution in [0.15, 0.2) is 36.4 Å². The molecule has 1 aliphatic heterocycles. The van der Waals surface area contributed by atoms with Crippen molar-refractivity contribution < 1.29 is 29.3 Å². The van der Waals surface area contributed by atoms with Gasteiger partial charge in [-0.1, -0.05) is 12.1 Å². The summed E-state index contributed by atoms with van der Waals surface area (Å²) in [6, 6.07) is 8.62. The molecule has 1 aliphatic rings. The molecule has 2 N–H and O–H groups in total. The Hall–Kier alpha value is -3.00. The number of nitrogens with zero attached hydrogens (tertiary/aromatic N) is 1. The number of phenolic OH excluding ortho intramolecular Hbond substituents is 2. The number of aldehydes is 2. The van der Waals surface area contributed by atoms with Gasteiger partial charge in [0, 0.05) is 18.1 Å². The SMILES string of the molecule is O=Cc1c(O)cccc1OC[C@@H]1CSCCN1C(=O)c1cccc(O)c1C=O. The molecule has 1 heterocycles. The molecule has 2 aromatic carbocycles. The number of ether oxygens (including phenoxy) is 1. The smallest absolute Gasteiger partial charge is 0.255 e. The van der Waals surface area contributed by atoms with Gasteiger partial charge in [0.1, 0.15) is 23.9 Å². The molecule has 0 unspecified atom stereocenters. The zero-order valence-corrected chi connectivity index (χ0v) is 15.7. The Labute approximate surface area is 165 Å². The third-order valence-corrected chi connectivity index (χ3v) is 5.60. The van der Waals surface area contributed by atoms with E-state index >= 15 is 0 Å². The molecule has 0 saturated carbocycles. The minimum Gasteiger partial charge on any atom is -0.507 e. The summed E-state index contributed by atoms with van der Waals surface area (Å²) >= 11 is 1.67. The molecule has 3 rings (SSSR count). The summed E-state index contributed by atoms with van der Waals surface area (Å²) in [5, 5.41) is 19.6. The molecule has 0 aromatic heterocycles. The number of rotatable bonds is 6. The lowest BCUT2D eigenvalue weighted by Gasteiger charge is -2.35. The predicted octanol–water partition coefficient (Wildman–Crippen LogP) is 2.36. The summed E-state index contributed by atoms with van der Waals surface area (Å²) in [4.78, 5) is 37.1. The van der Waals surface area contributed by atoms with Crippen molar-refractivity contribution >= 4 is 30.2 Å². The fraction of sp³-hybridized carbons (Fsp3) is 0.250. The molecule has 0 radical (unpaired) electrons. The highest BCUT2D eigenvalue weighted by Gasteiger charge is 2.30. The number of hydrogen-bond donors (Lipinski definition) is 2. The Morgan fingerprint density at radius 2 is 1.79 bits per heavy atom. The molecular weight excluding hydrogens is 382 g/mol. The van der Waals surface area contributed by atoms with Gasteiger partial charge in [0.2, 0.25) is 0 Å². The van der Waals surface area contributed by atoms with E-state index in [-0.39, 0.29) is 52.5 Å². The second-order valence-electron chi connectivity index (χ2n) is 6.20. The van der Waals surface area contributed by atoms with Crippen molar-refractivity contribution in [1.82, 2.24) is 4.90 Å². The van der Waals surface area contributed by atoms with Crippen LogP contribution in [-0.4, -0.2) is 64.3 Å². The van der Waals surface area contributed by atoms with E-state index in [0.717, 1.165) is 5.75 Å². The second-order valence-corrected chi connectivity index (χ2v) is 7.35. The van der Waals surface area contributed by atoms with Crippen LogP contribution in [0.1, 0.15) is 31.1 Å². The van der Waals surface area contributed by atoms with Crippen molar-refractivity contribution in [2.75, 3.05) is 24.7 Å². The zero-order valence-electron chi connectivity index (χ0n) is 14.9. The number of thioether (sulfide) groups is 1. The molecule has 1 fully saturated rings. The molecule has 1 saturated heterocycles. The standard InChI is InChI=1S/C20H19NO6S/c22-9-15-14(3-1-4-17(15)24)20(26)21-7-8-28-12-13(21)11-27-19-6-2-5-18(25)16(19)10-23/h1-6,9-10,13,24-25H,7-8,11-12H2/t13-/m1/s1. The number of phenols is 2. The van der Waals surface area contributed by atoms with Gasteiger partial charge in [0.05, 0.1) is 22.7 Å². The Morgan fingerprint density at radius 1 is 1.11 bits per heavy atom. The summed E-state index contributed by atoms with van der Waals surface area (Å²) in [6.07, 6.45) is 0.988. The first-order valence-corrected chi connectivity index (χ1v) is 9.78. The molecule has 0 aliphatic carbocycles. The molecular formula is C20H19NO6S. The van der Waals surface area contributed by atoms with Crippen molar-refractivity contribution in [2.45, 2.75) is 6.04 Å². The maximum Gasteiger partial charge on any atom is 0.255 e. The highest BCUT2D eigenvalue weighted by molar-refractivity contribution is 7.99. The largest absolute Gasteiger partial charge is 0.507 e. The van der Waals surface area contributed by atoms with Crippen LogP contribution in [0.5, 0.6) is 17.2 Å². The number of hydrogen-bond acceptors (Lipinski definition) is 7. The lowest BCUT2D eigenvalue weighted by Crippen LogP contribution is -2.49. The van der Waals surface area contributed by atoms with Gasteiger partial charge in [-0.2, -0.15) is 11.8 Å². The van der Waals surface area contributed by atoms with Crippen molar-refractivity contribution in [2.24, 2.45) is 0 Å². The maximum absolute atomic E-state index is 13.0. The molecule has 146 valence electrons. The molecule has 0 bridgehead atoms. The van der Waals surface area contributed by atoms with Gasteiger partial charge < -0.3 is 19.8 Å². The van der Waals surface area contributed by atoms with Gasteiger partial charge in [0.15, 0.2) is 12.6 Å². The van der Waals surface area contributed by atoms with Crippen LogP contribution in [0.25, 0.3) is 0 Å². The Morgan fingerprint density at radius 3 is 2.50 bits per heavy atom. The zero-order chi connectivity index (χ0) is 20.1. The lowest BCUT2D eigenvalue weighted by atomic mass is 10.1. The molecule has 1 atom stereocenters. The fourth-order valence-electron chi connectivity index (χ4n) is 3.04. The molecule has 0 spiro atoms. The Bertz CT molecular complexity index is 900. The molecule has 8 heteroatoms. The van der Waals surface area contributed by atoms with Gasteiger partial charge in [-0.05, 0) is 24.3 Å². The van der Waals surface area contributed by atoms with E-state index in [1.165, 1.54) is 24.3 Å². The van der Waals surface area contributed by atoms with E-state index in [1.54, 1.807) is 28.8 Å². The lowest BCUT2D eigenvalue weighted by molar-refractivity contribution is 0.0644. The topological polar surface area (TPSA) is 104 Å². The van der Waals surface area contributed by atoms with Crippen LogP contribution in [0.2, 0.25) is 0 Å². The van der Waals surface area contributed by atoms with Gasteiger partial charge in [-0.15, -0.1) is 0 Å². The Kier molecular flexibility index (Phi) is 6.20. The van der Waals surface area contributed by atoms with Crippen LogP contribution in [0, 0.1) is 0 Å². The van der Waals surface area contributed by atoms with E-state index in [0.29, 0.717) is 24.9 Å². The van der Waals surface area contributed by atoms with Gasteiger partial charge in [0.25, 0.3) is 5.91 Å². The minimum atomic E-state index is -0.363. The van der Waals surface area contributed by atoms with E-state index < -0.39 is 0 Å². The number of benzene rings is 2. The van der Waals surface area contributed by atoms with E-state index in [9.17, 15) is 24.6 Å². The molecule has 2 aromatic rings. The van der Waals surface area contributed by atoms with Crippen LogP contribution in [0.3, 0.4) is 0 Å². The van der Waals surface area contributed by atoms with E-state index in [1.807, 2.05) is 0 Å². The molecule has 28 heavy (non-hydrogen) atoms. The highest BCUT2D eigenvalue weighted by Crippen LogP contribution is 2.28. The summed E-state index contributed by atoms with van der Waals surface area (Å²) in [5.41, 5.74) is 0.152. The van der Waals surface area contributed by atoms with Crippen molar-refractivity contribution in [3.05, 3.63) is 53.1 Å². The van der Waals surface area contributed by atoms with Crippen molar-refractivity contribution in [3.63, 3.8) is 0 Å². The van der Waals surface area contributed by atoms with Crippen molar-refractivity contribution in [1.29, 1.82) is 0 Å². The number of aromatic hydroxyl groups is 2. The summed E-state index contributed by atoms with van der Waals surface area (Å²) in [7, 11) is 0. The predicted molar refractivity (Wildman–Crippen MR) is 105 cm³/mol. The normalized spacial score (nSPS) is 16.4. The van der Waals surface area contributed by atoms with Gasteiger partial charge >= 0.3 is 0 Å². The van der Waals surface area contributed by atoms with Gasteiger partial charge in [-0.25, -0.2) is 0 Å². The quantitative estimate of drug-likeness (QED) is 0.716. The van der Waals surface area contributed by atoms with Crippen LogP contribution < -0.4 is 4.74 Å². The highest BCUT2D eigenvalue weighted by atomic mass is 32.2. The first kappa shape index (κ1) is 19.8. The summed E-state index contributed by atoms with van der Waals surface area (Å²) in [5.74, 6) is 0.825. The second kappa shape index (κ2) is 8.79. The van der Waals surface area contributed by atoms with Crippen LogP contribution >= 0.6 is 11.8 Å². The van der Waals surface area contributed by atoms with Gasteiger partial charge in [-0.3, -0.25) is 14.4 Å². The first-order chi connectivity index (χ1) is 13.6. The maximum atomic E-state index is 13.0. The third kappa shape index (κ3) is 3.96. The van der Waals surface area contributed by atoms with Crippen LogP contribution in [0.4, 0.5) is 0 Å². The molecule has 7 nitrogen and oxygen atoms in total. The first-order valence-electron chi connectivity index (χ1n) is 8.62.